The van der Waals surface area contributed by atoms with Crippen LogP contribution in [0.5, 0.6) is 5.75 Å². The van der Waals surface area contributed by atoms with E-state index in [1.165, 1.54) is 0 Å². The highest BCUT2D eigenvalue weighted by Gasteiger charge is 2.23. The number of hydrogen-bond donors (Lipinski definition) is 2. The van der Waals surface area contributed by atoms with Crippen LogP contribution in [-0.4, -0.2) is 29.3 Å². The van der Waals surface area contributed by atoms with Gasteiger partial charge in [0.25, 0.3) is 5.91 Å². The predicted molar refractivity (Wildman–Crippen MR) is 113 cm³/mol. The van der Waals surface area contributed by atoms with Crippen molar-refractivity contribution in [2.45, 2.75) is 32.8 Å². The first-order valence-corrected chi connectivity index (χ1v) is 9.89. The number of aromatic nitrogens is 1. The van der Waals surface area contributed by atoms with Crippen LogP contribution < -0.4 is 10.1 Å². The maximum Gasteiger partial charge on any atom is 0.268 e. The number of H-pyrrole nitrogens is 1. The fourth-order valence-electron chi connectivity index (χ4n) is 3.55. The molecule has 0 atom stereocenters. The summed E-state index contributed by atoms with van der Waals surface area (Å²) < 4.78 is 5.69. The van der Waals surface area contributed by atoms with Gasteiger partial charge in [-0.25, -0.2) is 0 Å². The highest BCUT2D eigenvalue weighted by Crippen LogP contribution is 2.24. The van der Waals surface area contributed by atoms with Crippen LogP contribution >= 0.6 is 0 Å². The van der Waals surface area contributed by atoms with Crippen LogP contribution in [0.2, 0.25) is 0 Å². The van der Waals surface area contributed by atoms with Gasteiger partial charge in [0.2, 0.25) is 0 Å². The highest BCUT2D eigenvalue weighted by atomic mass is 16.5. The van der Waals surface area contributed by atoms with Crippen molar-refractivity contribution in [3.63, 3.8) is 0 Å². The second kappa shape index (κ2) is 7.95. The number of aromatic amines is 1. The van der Waals surface area contributed by atoms with Gasteiger partial charge < -0.3 is 15.0 Å². The number of Topliss-reactive ketones (excluding diaryl/α,β-unsaturated/α-hetero) is 1. The molecule has 5 nitrogen and oxygen atoms in total. The molecule has 0 unspecified atom stereocenters. The second-order valence-corrected chi connectivity index (χ2v) is 7.58. The molecule has 1 aliphatic rings. The van der Waals surface area contributed by atoms with Gasteiger partial charge in [-0.05, 0) is 48.7 Å². The Morgan fingerprint density at radius 3 is 2.28 bits per heavy atom. The Labute approximate surface area is 170 Å². The molecule has 0 spiro atoms. The van der Waals surface area contributed by atoms with Crippen molar-refractivity contribution in [2.75, 3.05) is 6.54 Å². The van der Waals surface area contributed by atoms with Crippen LogP contribution in [0.4, 0.5) is 0 Å². The number of carbonyl (C=O) groups is 2. The SMILES string of the molecule is CC(C)Oc1ccc(-c2ccc(Cc3cc4c([nH]3)C(=O)NCCC4=O)cc2)cc1. The molecule has 2 heterocycles. The van der Waals surface area contributed by atoms with Crippen LogP contribution in [0, 0.1) is 0 Å². The Balaban J connectivity index is 1.49. The van der Waals surface area contributed by atoms with Gasteiger partial charge in [-0.2, -0.15) is 0 Å². The number of fused-ring (bicyclic) bond motifs is 1. The first-order valence-electron chi connectivity index (χ1n) is 9.89. The largest absolute Gasteiger partial charge is 0.491 e. The molecule has 2 aromatic carbocycles. The number of carbonyl (C=O) groups excluding carboxylic acids is 2. The molecule has 5 heteroatoms. The van der Waals surface area contributed by atoms with Gasteiger partial charge in [0.15, 0.2) is 5.78 Å². The van der Waals surface area contributed by atoms with E-state index in [1.54, 1.807) is 0 Å². The first-order chi connectivity index (χ1) is 14.0. The number of hydrogen-bond acceptors (Lipinski definition) is 3. The maximum atomic E-state index is 12.2. The fourth-order valence-corrected chi connectivity index (χ4v) is 3.55. The molecule has 0 saturated heterocycles. The number of nitrogens with one attached hydrogen (secondary N) is 2. The molecule has 0 fully saturated rings. The standard InChI is InChI=1S/C24H24N2O3/c1-15(2)29-20-9-7-18(8-10-20)17-5-3-16(4-6-17)13-19-14-21-22(27)11-12-25-24(28)23(21)26-19/h3-10,14-15,26H,11-13H2,1-2H3,(H,25,28). The quantitative estimate of drug-likeness (QED) is 0.682. The molecular formula is C24H24N2O3. The smallest absolute Gasteiger partial charge is 0.268 e. The minimum absolute atomic E-state index is 0.00101. The van der Waals surface area contributed by atoms with Crippen molar-refractivity contribution in [1.82, 2.24) is 10.3 Å². The Kier molecular flexibility index (Phi) is 5.21. The van der Waals surface area contributed by atoms with E-state index in [9.17, 15) is 9.59 Å². The number of ketones is 1. The highest BCUT2D eigenvalue weighted by molar-refractivity contribution is 6.09. The van der Waals surface area contributed by atoms with Gasteiger partial charge in [-0.15, -0.1) is 0 Å². The number of rotatable bonds is 5. The third-order valence-corrected chi connectivity index (χ3v) is 4.95. The Bertz CT molecular complexity index is 997. The van der Waals surface area contributed by atoms with Gasteiger partial charge >= 0.3 is 0 Å². The predicted octanol–water partition coefficient (Wildman–Crippen LogP) is 4.38. The Morgan fingerprint density at radius 2 is 1.62 bits per heavy atom. The topological polar surface area (TPSA) is 71.2 Å². The van der Waals surface area contributed by atoms with E-state index >= 15 is 0 Å². The van der Waals surface area contributed by atoms with Crippen LogP contribution in [0.1, 0.15) is 52.4 Å². The summed E-state index contributed by atoms with van der Waals surface area (Å²) in [6.07, 6.45) is 1.13. The van der Waals surface area contributed by atoms with Crippen molar-refractivity contribution in [3.05, 3.63) is 77.1 Å². The minimum atomic E-state index is -0.211. The third kappa shape index (κ3) is 4.24. The lowest BCUT2D eigenvalue weighted by molar-refractivity contribution is 0.0951. The third-order valence-electron chi connectivity index (χ3n) is 4.95. The first kappa shape index (κ1) is 19.0. The zero-order valence-corrected chi connectivity index (χ0v) is 16.6. The zero-order valence-electron chi connectivity index (χ0n) is 16.6. The van der Waals surface area contributed by atoms with E-state index in [0.717, 1.165) is 28.1 Å². The summed E-state index contributed by atoms with van der Waals surface area (Å²) in [5.74, 6) is 0.656. The monoisotopic (exact) mass is 388 g/mol. The Morgan fingerprint density at radius 1 is 0.966 bits per heavy atom. The molecule has 1 amide bonds. The molecule has 0 aliphatic carbocycles. The van der Waals surface area contributed by atoms with Crippen LogP contribution in [0.25, 0.3) is 11.1 Å². The number of ether oxygens (including phenoxy) is 1. The van der Waals surface area contributed by atoms with E-state index in [2.05, 4.69) is 46.7 Å². The van der Waals surface area contributed by atoms with Crippen molar-refractivity contribution < 1.29 is 14.3 Å². The van der Waals surface area contributed by atoms with Gasteiger partial charge in [0, 0.05) is 30.6 Å². The van der Waals surface area contributed by atoms with Gasteiger partial charge in [-0.3, -0.25) is 9.59 Å². The van der Waals surface area contributed by atoms with Crippen LogP contribution in [-0.2, 0) is 6.42 Å². The maximum absolute atomic E-state index is 12.2. The molecule has 3 aromatic rings. The van der Waals surface area contributed by atoms with E-state index < -0.39 is 0 Å². The van der Waals surface area contributed by atoms with Crippen molar-refractivity contribution >= 4 is 11.7 Å². The van der Waals surface area contributed by atoms with Gasteiger partial charge in [0.1, 0.15) is 11.4 Å². The molecule has 0 bridgehead atoms. The average molecular weight is 388 g/mol. The average Bonchev–Trinajstić information content (AvgIpc) is 3.07. The molecule has 0 radical (unpaired) electrons. The van der Waals surface area contributed by atoms with Crippen LogP contribution in [0.15, 0.2) is 54.6 Å². The van der Waals surface area contributed by atoms with Gasteiger partial charge in [-0.1, -0.05) is 36.4 Å². The van der Waals surface area contributed by atoms with E-state index in [0.29, 0.717) is 30.6 Å². The summed E-state index contributed by atoms with van der Waals surface area (Å²) in [5, 5.41) is 2.75. The van der Waals surface area contributed by atoms with E-state index in [1.807, 2.05) is 32.0 Å². The summed E-state index contributed by atoms with van der Waals surface area (Å²) in [7, 11) is 0. The van der Waals surface area contributed by atoms with Crippen molar-refractivity contribution in [1.29, 1.82) is 0 Å². The molecule has 1 aliphatic heterocycles. The minimum Gasteiger partial charge on any atom is -0.491 e. The van der Waals surface area contributed by atoms with E-state index in [4.69, 9.17) is 4.74 Å². The number of amides is 1. The lowest BCUT2D eigenvalue weighted by Gasteiger charge is -2.10. The molecule has 4 rings (SSSR count). The summed E-state index contributed by atoms with van der Waals surface area (Å²) >= 11 is 0. The molecule has 2 N–H and O–H groups in total. The summed E-state index contributed by atoms with van der Waals surface area (Å²) in [6, 6.07) is 18.2. The lowest BCUT2D eigenvalue weighted by atomic mass is 10.0. The molecule has 148 valence electrons. The summed E-state index contributed by atoms with van der Waals surface area (Å²) in [6.45, 7) is 4.41. The molecule has 0 saturated carbocycles. The number of benzene rings is 2. The lowest BCUT2D eigenvalue weighted by Crippen LogP contribution is -2.23. The summed E-state index contributed by atoms with van der Waals surface area (Å²) in [4.78, 5) is 27.4. The normalized spacial score (nSPS) is 13.8. The second-order valence-electron chi connectivity index (χ2n) is 7.58. The van der Waals surface area contributed by atoms with E-state index in [-0.39, 0.29) is 17.8 Å². The van der Waals surface area contributed by atoms with Crippen LogP contribution in [0.3, 0.4) is 0 Å². The molecular weight excluding hydrogens is 364 g/mol. The summed E-state index contributed by atoms with van der Waals surface area (Å²) in [5.41, 5.74) is 5.10. The van der Waals surface area contributed by atoms with Crippen molar-refractivity contribution in [3.8, 4) is 16.9 Å². The van der Waals surface area contributed by atoms with Crippen molar-refractivity contribution in [2.24, 2.45) is 0 Å². The molecule has 29 heavy (non-hydrogen) atoms. The molecule has 1 aromatic heterocycles. The zero-order chi connectivity index (χ0) is 20.4. The van der Waals surface area contributed by atoms with Gasteiger partial charge in [0.05, 0.1) is 6.10 Å². The fraction of sp³-hybridized carbons (Fsp3) is 0.250. The Hall–Kier alpha value is -3.34.